The van der Waals surface area contributed by atoms with E-state index in [1.54, 1.807) is 30.4 Å². The van der Waals surface area contributed by atoms with Gasteiger partial charge in [-0.15, -0.1) is 0 Å². The van der Waals surface area contributed by atoms with Gasteiger partial charge in [0.15, 0.2) is 6.61 Å². The van der Waals surface area contributed by atoms with Gasteiger partial charge in [0.25, 0.3) is 5.91 Å². The molecule has 2 aromatic heterocycles. The van der Waals surface area contributed by atoms with Gasteiger partial charge in [-0.1, -0.05) is 0 Å². The van der Waals surface area contributed by atoms with Crippen LogP contribution in [0, 0.1) is 6.92 Å². The fraction of sp³-hybridized carbons (Fsp3) is 0.364. The van der Waals surface area contributed by atoms with Crippen LogP contribution in [0.25, 0.3) is 10.9 Å². The van der Waals surface area contributed by atoms with Crippen molar-refractivity contribution in [3.8, 4) is 5.75 Å². The highest BCUT2D eigenvalue weighted by Crippen LogP contribution is 2.42. The zero-order chi connectivity index (χ0) is 20.5. The van der Waals surface area contributed by atoms with Gasteiger partial charge in [-0.05, 0) is 60.4 Å². The van der Waals surface area contributed by atoms with E-state index in [9.17, 15) is 9.59 Å². The van der Waals surface area contributed by atoms with Gasteiger partial charge in [0.05, 0.1) is 12.7 Å². The summed E-state index contributed by atoms with van der Waals surface area (Å²) < 4.78 is 13.0. The van der Waals surface area contributed by atoms with Crippen molar-refractivity contribution in [3.05, 3.63) is 51.8 Å². The zero-order valence-corrected chi connectivity index (χ0v) is 17.6. The van der Waals surface area contributed by atoms with Crippen molar-refractivity contribution in [2.45, 2.75) is 32.4 Å². The Kier molecular flexibility index (Phi) is 5.32. The highest BCUT2D eigenvalue weighted by atomic mass is 32.1. The van der Waals surface area contributed by atoms with Gasteiger partial charge in [0.2, 0.25) is 0 Å². The minimum absolute atomic E-state index is 0.231. The average Bonchev–Trinajstić information content (AvgIpc) is 3.33. The molecule has 0 atom stereocenters. The molecule has 0 saturated heterocycles. The van der Waals surface area contributed by atoms with E-state index in [0.717, 1.165) is 35.0 Å². The lowest BCUT2D eigenvalue weighted by atomic mass is 10.1. The van der Waals surface area contributed by atoms with E-state index in [2.05, 4.69) is 4.57 Å². The SMILES string of the molecule is COc1ccc2c(c1)c(C(=O)OCC(=O)N(C)Cc1ccsc1)c(C)n2C1CC1. The minimum atomic E-state index is -0.475. The number of aromatic nitrogens is 1. The number of fused-ring (bicyclic) bond motifs is 1. The lowest BCUT2D eigenvalue weighted by Gasteiger charge is -2.16. The molecule has 1 fully saturated rings. The van der Waals surface area contributed by atoms with Gasteiger partial charge in [-0.2, -0.15) is 11.3 Å². The van der Waals surface area contributed by atoms with Gasteiger partial charge in [0, 0.05) is 36.2 Å². The third-order valence-corrected chi connectivity index (χ3v) is 6.06. The Hall–Kier alpha value is -2.80. The Morgan fingerprint density at radius 1 is 1.28 bits per heavy atom. The molecule has 152 valence electrons. The first-order valence-corrected chi connectivity index (χ1v) is 10.5. The van der Waals surface area contributed by atoms with E-state index in [1.165, 1.54) is 0 Å². The number of amides is 1. The molecule has 1 aliphatic carbocycles. The maximum atomic E-state index is 12.9. The second-order valence-electron chi connectivity index (χ2n) is 7.40. The molecule has 0 radical (unpaired) electrons. The molecule has 6 nitrogen and oxygen atoms in total. The molecule has 29 heavy (non-hydrogen) atoms. The Labute approximate surface area is 173 Å². The monoisotopic (exact) mass is 412 g/mol. The first-order chi connectivity index (χ1) is 14.0. The predicted octanol–water partition coefficient (Wildman–Crippen LogP) is 4.17. The van der Waals surface area contributed by atoms with Crippen molar-refractivity contribution >= 4 is 34.1 Å². The standard InChI is InChI=1S/C22H24N2O4S/c1-14-21(18-10-17(27-3)6-7-19(18)24(14)16-4-5-16)22(26)28-12-20(25)23(2)11-15-8-9-29-13-15/h6-10,13,16H,4-5,11-12H2,1-3H3. The molecule has 2 heterocycles. The number of methoxy groups -OCH3 is 1. The van der Waals surface area contributed by atoms with Crippen molar-refractivity contribution < 1.29 is 19.1 Å². The summed E-state index contributed by atoms with van der Waals surface area (Å²) in [4.78, 5) is 26.9. The molecule has 1 aliphatic rings. The predicted molar refractivity (Wildman–Crippen MR) is 113 cm³/mol. The number of nitrogens with zero attached hydrogens (tertiary/aromatic N) is 2. The Bertz CT molecular complexity index is 1050. The number of benzene rings is 1. The quantitative estimate of drug-likeness (QED) is 0.547. The summed E-state index contributed by atoms with van der Waals surface area (Å²) in [5.74, 6) is -0.0192. The summed E-state index contributed by atoms with van der Waals surface area (Å²) >= 11 is 1.59. The molecule has 1 aromatic carbocycles. The van der Waals surface area contributed by atoms with Gasteiger partial charge >= 0.3 is 5.97 Å². The minimum Gasteiger partial charge on any atom is -0.497 e. The Morgan fingerprint density at radius 2 is 2.07 bits per heavy atom. The summed E-state index contributed by atoms with van der Waals surface area (Å²) in [5.41, 5.74) is 3.45. The number of thiophene rings is 1. The molecular weight excluding hydrogens is 388 g/mol. The largest absolute Gasteiger partial charge is 0.497 e. The van der Waals surface area contributed by atoms with Crippen LogP contribution < -0.4 is 4.74 Å². The van der Waals surface area contributed by atoms with Crippen molar-refractivity contribution in [2.24, 2.45) is 0 Å². The summed E-state index contributed by atoms with van der Waals surface area (Å²) in [6.45, 7) is 2.15. The number of hydrogen-bond donors (Lipinski definition) is 0. The van der Waals surface area contributed by atoms with E-state index >= 15 is 0 Å². The fourth-order valence-electron chi connectivity index (χ4n) is 3.66. The van der Waals surface area contributed by atoms with Gasteiger partial charge in [-0.3, -0.25) is 4.79 Å². The zero-order valence-electron chi connectivity index (χ0n) is 16.8. The van der Waals surface area contributed by atoms with Crippen molar-refractivity contribution in [1.29, 1.82) is 0 Å². The van der Waals surface area contributed by atoms with Crippen LogP contribution in [-0.4, -0.2) is 42.1 Å². The maximum Gasteiger partial charge on any atom is 0.341 e. The second-order valence-corrected chi connectivity index (χ2v) is 8.18. The van der Waals surface area contributed by atoms with E-state index in [-0.39, 0.29) is 12.5 Å². The molecule has 0 unspecified atom stereocenters. The van der Waals surface area contributed by atoms with Crippen LogP contribution in [-0.2, 0) is 16.1 Å². The molecule has 0 spiro atoms. The molecule has 1 amide bonds. The first kappa shape index (κ1) is 19.5. The number of ether oxygens (including phenoxy) is 2. The van der Waals surface area contributed by atoms with Crippen molar-refractivity contribution in [2.75, 3.05) is 20.8 Å². The molecule has 1 saturated carbocycles. The summed E-state index contributed by atoms with van der Waals surface area (Å²) in [5, 5.41) is 4.78. The average molecular weight is 413 g/mol. The summed E-state index contributed by atoms with van der Waals surface area (Å²) in [7, 11) is 3.31. The molecule has 0 aliphatic heterocycles. The number of rotatable bonds is 7. The topological polar surface area (TPSA) is 60.8 Å². The fourth-order valence-corrected chi connectivity index (χ4v) is 4.32. The smallest absolute Gasteiger partial charge is 0.341 e. The van der Waals surface area contributed by atoms with Crippen molar-refractivity contribution in [3.63, 3.8) is 0 Å². The van der Waals surface area contributed by atoms with Crippen LogP contribution in [0.3, 0.4) is 0 Å². The van der Waals surface area contributed by atoms with E-state index in [1.807, 2.05) is 41.9 Å². The van der Waals surface area contributed by atoms with Crippen LogP contribution in [0.15, 0.2) is 35.0 Å². The van der Waals surface area contributed by atoms with E-state index < -0.39 is 5.97 Å². The molecule has 4 rings (SSSR count). The number of carbonyl (C=O) groups is 2. The lowest BCUT2D eigenvalue weighted by Crippen LogP contribution is -2.30. The normalized spacial score (nSPS) is 13.5. The number of likely N-dealkylation sites (N-methyl/N-ethyl adjacent to an activating group) is 1. The third-order valence-electron chi connectivity index (χ3n) is 5.32. The van der Waals surface area contributed by atoms with Crippen molar-refractivity contribution in [1.82, 2.24) is 9.47 Å². The molecule has 3 aromatic rings. The highest BCUT2D eigenvalue weighted by Gasteiger charge is 2.31. The third kappa shape index (κ3) is 3.87. The highest BCUT2D eigenvalue weighted by molar-refractivity contribution is 7.07. The number of hydrogen-bond acceptors (Lipinski definition) is 5. The summed E-state index contributed by atoms with van der Waals surface area (Å²) in [6.07, 6.45) is 2.22. The van der Waals surface area contributed by atoms with E-state index in [0.29, 0.717) is 23.9 Å². The Morgan fingerprint density at radius 3 is 2.72 bits per heavy atom. The Balaban J connectivity index is 1.53. The van der Waals surface area contributed by atoms with E-state index in [4.69, 9.17) is 9.47 Å². The number of carbonyl (C=O) groups excluding carboxylic acids is 2. The second kappa shape index (κ2) is 7.91. The van der Waals surface area contributed by atoms with Gasteiger partial charge in [-0.25, -0.2) is 4.79 Å². The van der Waals surface area contributed by atoms with Crippen LogP contribution in [0.4, 0.5) is 0 Å². The molecule has 0 N–H and O–H groups in total. The molecule has 7 heteroatoms. The molecule has 0 bridgehead atoms. The maximum absolute atomic E-state index is 12.9. The van der Waals surface area contributed by atoms with Crippen LogP contribution in [0.2, 0.25) is 0 Å². The van der Waals surface area contributed by atoms with Crippen LogP contribution >= 0.6 is 11.3 Å². The van der Waals surface area contributed by atoms with Crippen LogP contribution in [0.5, 0.6) is 5.75 Å². The number of esters is 1. The molecular formula is C22H24N2O4S. The lowest BCUT2D eigenvalue weighted by molar-refractivity contribution is -0.133. The van der Waals surface area contributed by atoms with Gasteiger partial charge in [0.1, 0.15) is 5.75 Å². The van der Waals surface area contributed by atoms with Crippen LogP contribution in [0.1, 0.15) is 40.5 Å². The van der Waals surface area contributed by atoms with Gasteiger partial charge < -0.3 is 18.9 Å². The first-order valence-electron chi connectivity index (χ1n) is 9.60. The summed E-state index contributed by atoms with van der Waals surface area (Å²) in [6, 6.07) is 8.15.